The van der Waals surface area contributed by atoms with Gasteiger partial charge in [0.05, 0.1) is 12.0 Å². The van der Waals surface area contributed by atoms with Gasteiger partial charge in [-0.25, -0.2) is 0 Å². The minimum absolute atomic E-state index is 0.182. The number of amidine groups is 2. The van der Waals surface area contributed by atoms with E-state index in [1.54, 1.807) is 0 Å². The molecule has 0 spiro atoms. The van der Waals surface area contributed by atoms with Crippen LogP contribution in [0.25, 0.3) is 0 Å². The van der Waals surface area contributed by atoms with Crippen LogP contribution in [-0.4, -0.2) is 17.2 Å². The molecule has 3 N–H and O–H groups in total. The van der Waals surface area contributed by atoms with Crippen LogP contribution in [0.1, 0.15) is 12.8 Å². The van der Waals surface area contributed by atoms with E-state index in [-0.39, 0.29) is 12.0 Å². The summed E-state index contributed by atoms with van der Waals surface area (Å²) in [5.74, 6) is 6.14. The van der Waals surface area contributed by atoms with E-state index in [0.717, 1.165) is 12.8 Å². The molecule has 1 aliphatic carbocycles. The second-order valence-corrected chi connectivity index (χ2v) is 3.52. The fraction of sp³-hybridized carbons (Fsp3) is 0.500. The minimum Gasteiger partial charge on any atom is -0.322 e. The molecule has 0 radical (unpaired) electrons. The lowest BCUT2D eigenvalue weighted by Gasteiger charge is -2.29. The molecule has 0 fully saturated rings. The van der Waals surface area contributed by atoms with Crippen molar-refractivity contribution in [3.8, 4) is 0 Å². The molecule has 2 aliphatic rings. The van der Waals surface area contributed by atoms with Gasteiger partial charge in [0.2, 0.25) is 0 Å². The Labute approximate surface area is 81.5 Å². The Bertz CT molecular complexity index is 295. The number of nitrogens with two attached hydrogens (primary N) is 1. The van der Waals surface area contributed by atoms with Crippen LogP contribution in [0.5, 0.6) is 0 Å². The lowest BCUT2D eigenvalue weighted by atomic mass is 9.89. The number of nitrogens with zero attached hydrogens (tertiary/aromatic N) is 2. The third-order valence-electron chi connectivity index (χ3n) is 2.35. The van der Waals surface area contributed by atoms with Gasteiger partial charge in [-0.1, -0.05) is 12.2 Å². The fourth-order valence-corrected chi connectivity index (χ4v) is 1.94. The van der Waals surface area contributed by atoms with Gasteiger partial charge in [0.25, 0.3) is 0 Å². The largest absolute Gasteiger partial charge is 0.322 e. The molecule has 0 amide bonds. The summed E-state index contributed by atoms with van der Waals surface area (Å²) >= 11 is 5.79. The van der Waals surface area contributed by atoms with Gasteiger partial charge in [0, 0.05) is 0 Å². The molecule has 0 aromatic rings. The molecule has 2 rings (SSSR count). The minimum atomic E-state index is 0.182. The zero-order valence-electron chi connectivity index (χ0n) is 7.07. The molecule has 2 unspecified atom stereocenters. The van der Waals surface area contributed by atoms with Crippen molar-refractivity contribution in [2.75, 3.05) is 0 Å². The number of allylic oxidation sites excluding steroid dienone is 1. The van der Waals surface area contributed by atoms with Gasteiger partial charge in [-0.05, 0) is 24.4 Å². The van der Waals surface area contributed by atoms with E-state index in [1.807, 2.05) is 0 Å². The van der Waals surface area contributed by atoms with E-state index in [4.69, 9.17) is 17.4 Å². The van der Waals surface area contributed by atoms with Gasteiger partial charge >= 0.3 is 0 Å². The highest BCUT2D eigenvalue weighted by atomic mass is 35.5. The molecule has 70 valence electrons. The molecule has 2 atom stereocenters. The van der Waals surface area contributed by atoms with Gasteiger partial charge in [0.1, 0.15) is 5.84 Å². The molecule has 13 heavy (non-hydrogen) atoms. The molecule has 1 heterocycles. The second kappa shape index (κ2) is 3.38. The highest BCUT2D eigenvalue weighted by molar-refractivity contribution is 6.66. The quantitative estimate of drug-likeness (QED) is 0.262. The van der Waals surface area contributed by atoms with Crippen LogP contribution < -0.4 is 11.2 Å². The van der Waals surface area contributed by atoms with Crippen molar-refractivity contribution in [3.63, 3.8) is 0 Å². The maximum Gasteiger partial charge on any atom is 0.197 e. The van der Waals surface area contributed by atoms with Crippen molar-refractivity contribution in [2.24, 2.45) is 21.9 Å². The number of halogens is 1. The zero-order chi connectivity index (χ0) is 9.26. The summed E-state index contributed by atoms with van der Waals surface area (Å²) in [6, 6.07) is 0.209. The molecular weight excluding hydrogens is 188 g/mol. The third kappa shape index (κ3) is 1.54. The van der Waals surface area contributed by atoms with Crippen molar-refractivity contribution in [1.82, 2.24) is 5.32 Å². The Kier molecular flexibility index (Phi) is 2.22. The second-order valence-electron chi connectivity index (χ2n) is 3.16. The topological polar surface area (TPSA) is 62.8 Å². The van der Waals surface area contributed by atoms with Gasteiger partial charge in [-0.2, -0.15) is 5.10 Å². The normalized spacial score (nSPS) is 35.2. The van der Waals surface area contributed by atoms with Crippen molar-refractivity contribution in [3.05, 3.63) is 12.2 Å². The summed E-state index contributed by atoms with van der Waals surface area (Å²) in [7, 11) is 0. The fourth-order valence-electron chi connectivity index (χ4n) is 1.72. The van der Waals surface area contributed by atoms with E-state index in [1.165, 1.54) is 0 Å². The first-order valence-electron chi connectivity index (χ1n) is 4.26. The number of hydrogen-bond donors (Lipinski definition) is 2. The molecule has 0 bridgehead atoms. The standard InChI is InChI=1S/C8H11ClN4/c9-8-11-6-4-2-1-3-5(6)7(12-8)13-10/h1,3,5-6H,2,4,10H2,(H,11,12,13). The van der Waals surface area contributed by atoms with Crippen molar-refractivity contribution < 1.29 is 0 Å². The maximum atomic E-state index is 5.79. The lowest BCUT2D eigenvalue weighted by Crippen LogP contribution is -2.44. The van der Waals surface area contributed by atoms with E-state index in [2.05, 4.69) is 27.6 Å². The Balaban J connectivity index is 2.32. The van der Waals surface area contributed by atoms with Crippen LogP contribution in [0, 0.1) is 5.92 Å². The Hall–Kier alpha value is -1.03. The summed E-state index contributed by atoms with van der Waals surface area (Å²) in [5, 5.41) is 6.92. The predicted molar refractivity (Wildman–Crippen MR) is 53.7 cm³/mol. The average Bonchev–Trinajstić information content (AvgIpc) is 2.16. The van der Waals surface area contributed by atoms with Crippen LogP contribution in [0.4, 0.5) is 0 Å². The van der Waals surface area contributed by atoms with Crippen LogP contribution in [0.15, 0.2) is 22.2 Å². The highest BCUT2D eigenvalue weighted by Gasteiger charge is 2.30. The highest BCUT2D eigenvalue weighted by Crippen LogP contribution is 2.24. The summed E-state index contributed by atoms with van der Waals surface area (Å²) in [6.45, 7) is 0. The van der Waals surface area contributed by atoms with E-state index >= 15 is 0 Å². The van der Waals surface area contributed by atoms with Gasteiger partial charge < -0.3 is 11.2 Å². The van der Waals surface area contributed by atoms with Crippen molar-refractivity contribution >= 4 is 22.7 Å². The van der Waals surface area contributed by atoms with Gasteiger partial charge in [-0.3, -0.25) is 4.99 Å². The molecule has 0 saturated carbocycles. The lowest BCUT2D eigenvalue weighted by molar-refractivity contribution is 0.530. The maximum absolute atomic E-state index is 5.79. The Morgan fingerprint density at radius 3 is 3.31 bits per heavy atom. The smallest absolute Gasteiger partial charge is 0.197 e. The summed E-state index contributed by atoms with van der Waals surface area (Å²) in [5.41, 5.74) is 0. The molecule has 0 saturated heterocycles. The Morgan fingerprint density at radius 1 is 1.69 bits per heavy atom. The molecule has 4 nitrogen and oxygen atoms in total. The SMILES string of the molecule is N/N=C1\NC(Cl)=NC2CCC=CC12. The van der Waals surface area contributed by atoms with E-state index in [0.29, 0.717) is 11.1 Å². The number of hydrazone groups is 1. The third-order valence-corrected chi connectivity index (χ3v) is 2.54. The first-order chi connectivity index (χ1) is 6.31. The zero-order valence-corrected chi connectivity index (χ0v) is 7.83. The van der Waals surface area contributed by atoms with Crippen molar-refractivity contribution in [2.45, 2.75) is 18.9 Å². The average molecular weight is 199 g/mol. The number of hydrogen-bond acceptors (Lipinski definition) is 3. The molecule has 0 aromatic carbocycles. The van der Waals surface area contributed by atoms with Crippen LogP contribution in [-0.2, 0) is 0 Å². The predicted octanol–water partition coefficient (Wildman–Crippen LogP) is 0.791. The number of aliphatic imine (C=N–C) groups is 1. The summed E-state index contributed by atoms with van der Waals surface area (Å²) in [6.07, 6.45) is 6.27. The monoisotopic (exact) mass is 198 g/mol. The van der Waals surface area contributed by atoms with E-state index in [9.17, 15) is 0 Å². The van der Waals surface area contributed by atoms with Crippen LogP contribution in [0.2, 0.25) is 0 Å². The van der Waals surface area contributed by atoms with Crippen LogP contribution >= 0.6 is 11.6 Å². The van der Waals surface area contributed by atoms with Crippen molar-refractivity contribution in [1.29, 1.82) is 0 Å². The van der Waals surface area contributed by atoms with Gasteiger partial charge in [0.15, 0.2) is 5.29 Å². The first-order valence-corrected chi connectivity index (χ1v) is 4.64. The van der Waals surface area contributed by atoms with E-state index < -0.39 is 0 Å². The van der Waals surface area contributed by atoms with Crippen LogP contribution in [0.3, 0.4) is 0 Å². The summed E-state index contributed by atoms with van der Waals surface area (Å²) in [4.78, 5) is 4.29. The number of rotatable bonds is 0. The number of nitrogens with one attached hydrogen (secondary N) is 1. The first kappa shape index (κ1) is 8.56. The van der Waals surface area contributed by atoms with Gasteiger partial charge in [-0.15, -0.1) is 0 Å². The number of fused-ring (bicyclic) bond motifs is 1. The molecule has 0 aromatic heterocycles. The molecule has 5 heteroatoms. The molecular formula is C8H11ClN4. The summed E-state index contributed by atoms with van der Waals surface area (Å²) < 4.78 is 0. The molecule has 1 aliphatic heterocycles. The Morgan fingerprint density at radius 2 is 2.54 bits per heavy atom.